The second kappa shape index (κ2) is 3.61. The van der Waals surface area contributed by atoms with E-state index in [1.54, 1.807) is 0 Å². The minimum atomic E-state index is -2.67. The lowest BCUT2D eigenvalue weighted by Gasteiger charge is -2.24. The fourth-order valence-electron chi connectivity index (χ4n) is 1.11. The lowest BCUT2D eigenvalue weighted by molar-refractivity contribution is 0.0624. The van der Waals surface area contributed by atoms with Crippen molar-refractivity contribution in [2.45, 2.75) is 25.8 Å². The Balaban J connectivity index is 3.14. The average molecular weight is 203 g/mol. The summed E-state index contributed by atoms with van der Waals surface area (Å²) in [6.45, 7) is 2.74. The molecule has 14 heavy (non-hydrogen) atoms. The summed E-state index contributed by atoms with van der Waals surface area (Å²) >= 11 is 0. The van der Waals surface area contributed by atoms with Crippen LogP contribution in [-0.4, -0.2) is 6.43 Å². The molecule has 0 fully saturated rings. The maximum atomic E-state index is 12.9. The number of nitrogens with two attached hydrogens (primary N) is 1. The molecule has 2 N–H and O–H groups in total. The highest BCUT2D eigenvalue weighted by Crippen LogP contribution is 2.26. The second-order valence-corrected chi connectivity index (χ2v) is 3.55. The first-order chi connectivity index (χ1) is 6.35. The zero-order valence-corrected chi connectivity index (χ0v) is 8.02. The average Bonchev–Trinajstić information content (AvgIpc) is 2.09. The van der Waals surface area contributed by atoms with Crippen molar-refractivity contribution in [1.29, 1.82) is 0 Å². The van der Waals surface area contributed by atoms with Crippen molar-refractivity contribution < 1.29 is 13.2 Å². The predicted octanol–water partition coefficient (Wildman–Crippen LogP) is 2.57. The van der Waals surface area contributed by atoms with Crippen molar-refractivity contribution in [1.82, 2.24) is 0 Å². The molecule has 1 rings (SSSR count). The van der Waals surface area contributed by atoms with Gasteiger partial charge in [0.1, 0.15) is 5.82 Å². The molecule has 4 heteroatoms. The van der Waals surface area contributed by atoms with Gasteiger partial charge in [0, 0.05) is 0 Å². The van der Waals surface area contributed by atoms with Crippen molar-refractivity contribution in [3.63, 3.8) is 0 Å². The van der Waals surface area contributed by atoms with E-state index in [2.05, 4.69) is 0 Å². The van der Waals surface area contributed by atoms with E-state index in [9.17, 15) is 13.2 Å². The normalized spacial score (nSPS) is 15.6. The molecule has 0 aliphatic rings. The molecule has 0 spiro atoms. The van der Waals surface area contributed by atoms with E-state index in [1.807, 2.05) is 0 Å². The molecule has 1 nitrogen and oxygen atoms in total. The Hall–Kier alpha value is -1.03. The molecule has 0 aliphatic carbocycles. The number of hydrogen-bond donors (Lipinski definition) is 1. The third-order valence-corrected chi connectivity index (χ3v) is 2.23. The Morgan fingerprint density at radius 2 is 1.93 bits per heavy atom. The molecule has 0 saturated heterocycles. The van der Waals surface area contributed by atoms with Crippen LogP contribution in [0, 0.1) is 12.7 Å². The molecule has 78 valence electrons. The summed E-state index contributed by atoms with van der Waals surface area (Å²) in [5, 5.41) is 0. The van der Waals surface area contributed by atoms with Crippen LogP contribution >= 0.6 is 0 Å². The zero-order chi connectivity index (χ0) is 10.9. The smallest absolute Gasteiger partial charge is 0.260 e. The maximum Gasteiger partial charge on any atom is 0.260 e. The third-order valence-electron chi connectivity index (χ3n) is 2.23. The van der Waals surface area contributed by atoms with Gasteiger partial charge < -0.3 is 5.73 Å². The summed E-state index contributed by atoms with van der Waals surface area (Å²) in [7, 11) is 0. The summed E-state index contributed by atoms with van der Waals surface area (Å²) < 4.78 is 37.9. The number of rotatable bonds is 2. The van der Waals surface area contributed by atoms with Crippen LogP contribution < -0.4 is 5.73 Å². The second-order valence-electron chi connectivity index (χ2n) is 3.55. The molecule has 1 atom stereocenters. The standard InChI is InChI=1S/C10H12F3N/c1-6-5-7(3-4-8(6)11)10(2,14)9(12)13/h3-5,9H,14H2,1-2H3. The van der Waals surface area contributed by atoms with Gasteiger partial charge in [0.05, 0.1) is 5.54 Å². The van der Waals surface area contributed by atoms with Crippen LogP contribution in [0.1, 0.15) is 18.1 Å². The van der Waals surface area contributed by atoms with Crippen LogP contribution in [0.2, 0.25) is 0 Å². The van der Waals surface area contributed by atoms with Gasteiger partial charge in [0.15, 0.2) is 0 Å². The maximum absolute atomic E-state index is 12.9. The van der Waals surface area contributed by atoms with E-state index in [0.29, 0.717) is 5.56 Å². The van der Waals surface area contributed by atoms with Gasteiger partial charge in [-0.25, -0.2) is 13.2 Å². The highest BCUT2D eigenvalue weighted by Gasteiger charge is 2.32. The van der Waals surface area contributed by atoms with Crippen LogP contribution in [0.3, 0.4) is 0 Å². The fourth-order valence-corrected chi connectivity index (χ4v) is 1.11. The van der Waals surface area contributed by atoms with Crippen molar-refractivity contribution >= 4 is 0 Å². The number of hydrogen-bond acceptors (Lipinski definition) is 1. The van der Waals surface area contributed by atoms with Gasteiger partial charge in [-0.1, -0.05) is 12.1 Å². The predicted molar refractivity (Wildman–Crippen MR) is 48.7 cm³/mol. The molecule has 0 heterocycles. The van der Waals surface area contributed by atoms with E-state index < -0.39 is 17.8 Å². The molecule has 0 radical (unpaired) electrons. The van der Waals surface area contributed by atoms with Crippen LogP contribution in [-0.2, 0) is 5.54 Å². The first-order valence-electron chi connectivity index (χ1n) is 4.19. The molecule has 0 saturated carbocycles. The minimum absolute atomic E-state index is 0.242. The molecule has 0 amide bonds. The summed E-state index contributed by atoms with van der Waals surface area (Å²) in [6.07, 6.45) is -2.67. The van der Waals surface area contributed by atoms with Gasteiger partial charge in [0.2, 0.25) is 0 Å². The van der Waals surface area contributed by atoms with Crippen LogP contribution in [0.5, 0.6) is 0 Å². The van der Waals surface area contributed by atoms with Gasteiger partial charge in [-0.05, 0) is 31.0 Å². The molecular weight excluding hydrogens is 191 g/mol. The Bertz CT molecular complexity index is 334. The number of aryl methyl sites for hydroxylation is 1. The van der Waals surface area contributed by atoms with Gasteiger partial charge in [-0.15, -0.1) is 0 Å². The van der Waals surface area contributed by atoms with Gasteiger partial charge >= 0.3 is 0 Å². The topological polar surface area (TPSA) is 26.0 Å². The Morgan fingerprint density at radius 3 is 2.36 bits per heavy atom. The molecule has 1 aromatic rings. The van der Waals surface area contributed by atoms with Crippen LogP contribution in [0.15, 0.2) is 18.2 Å². The largest absolute Gasteiger partial charge is 0.317 e. The fraction of sp³-hybridized carbons (Fsp3) is 0.400. The van der Waals surface area contributed by atoms with Crippen molar-refractivity contribution in [3.8, 4) is 0 Å². The highest BCUT2D eigenvalue weighted by atomic mass is 19.3. The zero-order valence-electron chi connectivity index (χ0n) is 8.02. The van der Waals surface area contributed by atoms with Gasteiger partial charge in [0.25, 0.3) is 6.43 Å². The van der Waals surface area contributed by atoms with Crippen molar-refractivity contribution in [3.05, 3.63) is 35.1 Å². The van der Waals surface area contributed by atoms with E-state index in [-0.39, 0.29) is 5.56 Å². The quantitative estimate of drug-likeness (QED) is 0.785. The van der Waals surface area contributed by atoms with E-state index in [1.165, 1.54) is 26.0 Å². The Morgan fingerprint density at radius 1 is 1.36 bits per heavy atom. The SMILES string of the molecule is Cc1cc(C(C)(N)C(F)F)ccc1F. The van der Waals surface area contributed by atoms with Gasteiger partial charge in [-0.2, -0.15) is 0 Å². The number of benzene rings is 1. The summed E-state index contributed by atoms with van der Waals surface area (Å²) in [6, 6.07) is 3.79. The number of halogens is 3. The Kier molecular flexibility index (Phi) is 2.85. The molecule has 1 aromatic carbocycles. The van der Waals surface area contributed by atoms with Crippen molar-refractivity contribution in [2.24, 2.45) is 5.73 Å². The lowest BCUT2D eigenvalue weighted by Crippen LogP contribution is -2.40. The first kappa shape index (κ1) is 11.0. The van der Waals surface area contributed by atoms with Crippen LogP contribution in [0.4, 0.5) is 13.2 Å². The number of alkyl halides is 2. The lowest BCUT2D eigenvalue weighted by atomic mass is 9.92. The molecular formula is C10H12F3N. The van der Waals surface area contributed by atoms with E-state index >= 15 is 0 Å². The molecule has 1 unspecified atom stereocenters. The Labute approximate surface area is 80.7 Å². The molecule has 0 aliphatic heterocycles. The third kappa shape index (κ3) is 1.90. The summed E-state index contributed by atoms with van der Waals surface area (Å²) in [5.41, 5.74) is 4.26. The minimum Gasteiger partial charge on any atom is -0.317 e. The van der Waals surface area contributed by atoms with Gasteiger partial charge in [-0.3, -0.25) is 0 Å². The monoisotopic (exact) mass is 203 g/mol. The first-order valence-corrected chi connectivity index (χ1v) is 4.19. The van der Waals surface area contributed by atoms with Crippen molar-refractivity contribution in [2.75, 3.05) is 0 Å². The summed E-state index contributed by atoms with van der Waals surface area (Å²) in [5.74, 6) is -0.418. The highest BCUT2D eigenvalue weighted by molar-refractivity contribution is 5.29. The van der Waals surface area contributed by atoms with E-state index in [4.69, 9.17) is 5.73 Å². The summed E-state index contributed by atoms with van der Waals surface area (Å²) in [4.78, 5) is 0. The van der Waals surface area contributed by atoms with E-state index in [0.717, 1.165) is 6.07 Å². The van der Waals surface area contributed by atoms with Crippen LogP contribution in [0.25, 0.3) is 0 Å². The molecule has 0 aromatic heterocycles. The molecule has 0 bridgehead atoms.